The molecule has 0 spiro atoms. The van der Waals surface area contributed by atoms with Gasteiger partial charge in [0, 0.05) is 5.75 Å². The number of rotatable bonds is 7. The van der Waals surface area contributed by atoms with Crippen molar-refractivity contribution >= 4 is 9.84 Å². The highest BCUT2D eigenvalue weighted by atomic mass is 32.2. The van der Waals surface area contributed by atoms with Crippen LogP contribution in [-0.4, -0.2) is 31.1 Å². The molecule has 0 aromatic heterocycles. The van der Waals surface area contributed by atoms with Gasteiger partial charge in [0.2, 0.25) is 0 Å². The SMILES string of the molecule is CCCS(=O)(=O)CCC(CC)C(C)O. The average molecular weight is 222 g/mol. The molecule has 0 aromatic carbocycles. The third kappa shape index (κ3) is 5.60. The molecule has 14 heavy (non-hydrogen) atoms. The van der Waals surface area contributed by atoms with Crippen LogP contribution in [0.4, 0.5) is 0 Å². The van der Waals surface area contributed by atoms with Crippen molar-refractivity contribution < 1.29 is 13.5 Å². The maximum atomic E-state index is 11.4. The van der Waals surface area contributed by atoms with Gasteiger partial charge in [0.05, 0.1) is 11.9 Å². The first-order valence-corrected chi connectivity index (χ1v) is 7.13. The van der Waals surface area contributed by atoms with Gasteiger partial charge in [-0.2, -0.15) is 0 Å². The minimum atomic E-state index is -2.88. The fourth-order valence-electron chi connectivity index (χ4n) is 1.53. The minimum absolute atomic E-state index is 0.113. The molecular weight excluding hydrogens is 200 g/mol. The van der Waals surface area contributed by atoms with Crippen LogP contribution in [0.2, 0.25) is 0 Å². The number of aliphatic hydroxyl groups excluding tert-OH is 1. The van der Waals surface area contributed by atoms with Crippen LogP contribution in [0, 0.1) is 5.92 Å². The van der Waals surface area contributed by atoms with Crippen LogP contribution < -0.4 is 0 Å². The van der Waals surface area contributed by atoms with E-state index in [4.69, 9.17) is 0 Å². The summed E-state index contributed by atoms with van der Waals surface area (Å²) in [4.78, 5) is 0. The molecule has 0 aliphatic carbocycles. The first-order chi connectivity index (χ1) is 6.43. The Bertz CT molecular complexity index is 232. The van der Waals surface area contributed by atoms with E-state index in [0.29, 0.717) is 12.8 Å². The lowest BCUT2D eigenvalue weighted by molar-refractivity contribution is 0.121. The molecule has 86 valence electrons. The second-order valence-electron chi connectivity index (χ2n) is 3.85. The van der Waals surface area contributed by atoms with E-state index in [1.807, 2.05) is 13.8 Å². The Morgan fingerprint density at radius 3 is 2.14 bits per heavy atom. The highest BCUT2D eigenvalue weighted by molar-refractivity contribution is 7.91. The molecule has 0 aliphatic heterocycles. The number of aliphatic hydroxyl groups is 1. The van der Waals surface area contributed by atoms with Crippen molar-refractivity contribution in [1.29, 1.82) is 0 Å². The monoisotopic (exact) mass is 222 g/mol. The largest absolute Gasteiger partial charge is 0.393 e. The van der Waals surface area contributed by atoms with E-state index in [0.717, 1.165) is 6.42 Å². The molecule has 4 heteroatoms. The van der Waals surface area contributed by atoms with Gasteiger partial charge in [0.15, 0.2) is 0 Å². The van der Waals surface area contributed by atoms with Crippen LogP contribution >= 0.6 is 0 Å². The summed E-state index contributed by atoms with van der Waals surface area (Å²) in [6.45, 7) is 5.56. The van der Waals surface area contributed by atoms with E-state index in [-0.39, 0.29) is 17.4 Å². The van der Waals surface area contributed by atoms with E-state index >= 15 is 0 Å². The summed E-state index contributed by atoms with van der Waals surface area (Å²) in [5.41, 5.74) is 0. The van der Waals surface area contributed by atoms with Gasteiger partial charge in [-0.1, -0.05) is 20.3 Å². The minimum Gasteiger partial charge on any atom is -0.393 e. The zero-order chi connectivity index (χ0) is 11.2. The van der Waals surface area contributed by atoms with Gasteiger partial charge in [-0.3, -0.25) is 0 Å². The number of hydrogen-bond acceptors (Lipinski definition) is 3. The molecule has 0 saturated carbocycles. The molecule has 0 radical (unpaired) electrons. The summed E-state index contributed by atoms with van der Waals surface area (Å²) >= 11 is 0. The maximum absolute atomic E-state index is 11.4. The third-order valence-corrected chi connectivity index (χ3v) is 4.41. The lowest BCUT2D eigenvalue weighted by Crippen LogP contribution is -2.21. The highest BCUT2D eigenvalue weighted by Gasteiger charge is 2.17. The molecule has 0 fully saturated rings. The zero-order valence-corrected chi connectivity index (χ0v) is 10.2. The highest BCUT2D eigenvalue weighted by Crippen LogP contribution is 2.14. The molecule has 2 atom stereocenters. The molecule has 0 amide bonds. The Labute approximate surface area is 87.4 Å². The molecule has 0 rings (SSSR count). The normalized spacial score (nSPS) is 16.6. The van der Waals surface area contributed by atoms with Crippen LogP contribution in [0.1, 0.15) is 40.0 Å². The van der Waals surface area contributed by atoms with Gasteiger partial charge in [-0.05, 0) is 25.7 Å². The molecule has 3 nitrogen and oxygen atoms in total. The summed E-state index contributed by atoms with van der Waals surface area (Å²) in [6.07, 6.45) is 1.68. The van der Waals surface area contributed by atoms with E-state index in [1.54, 1.807) is 6.92 Å². The summed E-state index contributed by atoms with van der Waals surface area (Å²) in [6, 6.07) is 0. The fraction of sp³-hybridized carbons (Fsp3) is 1.00. The van der Waals surface area contributed by atoms with Crippen molar-refractivity contribution in [2.75, 3.05) is 11.5 Å². The molecule has 0 aliphatic rings. The van der Waals surface area contributed by atoms with E-state index in [1.165, 1.54) is 0 Å². The van der Waals surface area contributed by atoms with Crippen molar-refractivity contribution in [2.24, 2.45) is 5.92 Å². The van der Waals surface area contributed by atoms with Crippen LogP contribution in [0.3, 0.4) is 0 Å². The molecule has 1 N–H and O–H groups in total. The standard InChI is InChI=1S/C10H22O3S/c1-4-7-14(12,13)8-6-10(5-2)9(3)11/h9-11H,4-8H2,1-3H3. The van der Waals surface area contributed by atoms with Crippen LogP contribution in [0.15, 0.2) is 0 Å². The van der Waals surface area contributed by atoms with Crippen molar-refractivity contribution in [3.8, 4) is 0 Å². The van der Waals surface area contributed by atoms with E-state index in [9.17, 15) is 13.5 Å². The second kappa shape index (κ2) is 6.40. The molecular formula is C10H22O3S. The summed E-state index contributed by atoms with van der Waals surface area (Å²) in [7, 11) is -2.88. The maximum Gasteiger partial charge on any atom is 0.150 e. The fourth-order valence-corrected chi connectivity index (χ4v) is 3.02. The van der Waals surface area contributed by atoms with Crippen molar-refractivity contribution in [1.82, 2.24) is 0 Å². The Morgan fingerprint density at radius 1 is 1.21 bits per heavy atom. The summed E-state index contributed by atoms with van der Waals surface area (Å²) in [5.74, 6) is 0.592. The predicted molar refractivity (Wildman–Crippen MR) is 59.0 cm³/mol. The number of sulfone groups is 1. The predicted octanol–water partition coefficient (Wildman–Crippen LogP) is 1.61. The van der Waals surface area contributed by atoms with Crippen LogP contribution in [0.5, 0.6) is 0 Å². The topological polar surface area (TPSA) is 54.4 Å². The molecule has 2 unspecified atom stereocenters. The van der Waals surface area contributed by atoms with Crippen molar-refractivity contribution in [3.63, 3.8) is 0 Å². The van der Waals surface area contributed by atoms with Gasteiger partial charge < -0.3 is 5.11 Å². The average Bonchev–Trinajstić information content (AvgIpc) is 2.04. The smallest absolute Gasteiger partial charge is 0.150 e. The summed E-state index contributed by atoms with van der Waals surface area (Å²) in [5, 5.41) is 9.34. The molecule has 0 aromatic rings. The molecule has 0 bridgehead atoms. The van der Waals surface area contributed by atoms with Crippen molar-refractivity contribution in [3.05, 3.63) is 0 Å². The van der Waals surface area contributed by atoms with Gasteiger partial charge in [0.25, 0.3) is 0 Å². The van der Waals surface area contributed by atoms with Gasteiger partial charge in [-0.25, -0.2) is 8.42 Å². The summed E-state index contributed by atoms with van der Waals surface area (Å²) < 4.78 is 22.8. The Kier molecular flexibility index (Phi) is 6.36. The van der Waals surface area contributed by atoms with Gasteiger partial charge in [0.1, 0.15) is 9.84 Å². The Balaban J connectivity index is 4.03. The van der Waals surface area contributed by atoms with Crippen LogP contribution in [-0.2, 0) is 9.84 Å². The third-order valence-electron chi connectivity index (χ3n) is 2.52. The molecule has 0 heterocycles. The first-order valence-electron chi connectivity index (χ1n) is 5.31. The quantitative estimate of drug-likeness (QED) is 0.712. The van der Waals surface area contributed by atoms with E-state index in [2.05, 4.69) is 0 Å². The second-order valence-corrected chi connectivity index (χ2v) is 6.15. The van der Waals surface area contributed by atoms with Crippen LogP contribution in [0.25, 0.3) is 0 Å². The molecule has 0 saturated heterocycles. The first kappa shape index (κ1) is 13.9. The Hall–Kier alpha value is -0.0900. The lowest BCUT2D eigenvalue weighted by Gasteiger charge is -2.17. The van der Waals surface area contributed by atoms with E-state index < -0.39 is 15.9 Å². The van der Waals surface area contributed by atoms with Gasteiger partial charge in [-0.15, -0.1) is 0 Å². The Morgan fingerprint density at radius 2 is 1.79 bits per heavy atom. The van der Waals surface area contributed by atoms with Gasteiger partial charge >= 0.3 is 0 Å². The number of hydrogen-bond donors (Lipinski definition) is 1. The lowest BCUT2D eigenvalue weighted by atomic mass is 9.98. The zero-order valence-electron chi connectivity index (χ0n) is 9.36. The van der Waals surface area contributed by atoms with Crippen molar-refractivity contribution in [2.45, 2.75) is 46.1 Å².